The lowest BCUT2D eigenvalue weighted by atomic mass is 9.96. The molecule has 0 radical (unpaired) electrons. The van der Waals surface area contributed by atoms with Crippen LogP contribution in [0.15, 0.2) is 24.3 Å². The Balaban J connectivity index is 1.63. The zero-order valence-corrected chi connectivity index (χ0v) is 14.8. The number of carbonyl (C=O) groups is 2. The molecular weight excluding hydrogens is 324 g/mol. The van der Waals surface area contributed by atoms with Crippen LogP contribution in [0.3, 0.4) is 0 Å². The second kappa shape index (κ2) is 9.76. The second-order valence-electron chi connectivity index (χ2n) is 5.78. The lowest BCUT2D eigenvalue weighted by molar-refractivity contribution is -0.126. The number of hydrogen-bond acceptors (Lipinski definition) is 5. The average Bonchev–Trinajstić information content (AvgIpc) is 2.66. The Kier molecular flexibility index (Phi) is 7.37. The lowest BCUT2D eigenvalue weighted by Crippen LogP contribution is -2.43. The fourth-order valence-electron chi connectivity index (χ4n) is 2.70. The highest BCUT2D eigenvalue weighted by molar-refractivity contribution is 5.79. The van der Waals surface area contributed by atoms with Crippen molar-refractivity contribution in [2.45, 2.75) is 19.8 Å². The molecule has 0 aromatic heterocycles. The summed E-state index contributed by atoms with van der Waals surface area (Å²) in [4.78, 5) is 25.5. The predicted octanol–water partition coefficient (Wildman–Crippen LogP) is 2.06. The molecule has 0 bridgehead atoms. The summed E-state index contributed by atoms with van der Waals surface area (Å²) in [6, 6.07) is 7.30. The van der Waals surface area contributed by atoms with Crippen LogP contribution < -0.4 is 14.8 Å². The van der Waals surface area contributed by atoms with E-state index in [2.05, 4.69) is 5.32 Å². The molecule has 7 nitrogen and oxygen atoms in total. The summed E-state index contributed by atoms with van der Waals surface area (Å²) in [7, 11) is 1.61. The molecule has 138 valence electrons. The molecule has 2 amide bonds. The maximum atomic E-state index is 12.2. The molecule has 0 aliphatic carbocycles. The summed E-state index contributed by atoms with van der Waals surface area (Å²) in [5.41, 5.74) is 0. The molecule has 1 saturated heterocycles. The molecule has 0 atom stereocenters. The molecule has 1 N–H and O–H groups in total. The average molecular weight is 350 g/mol. The van der Waals surface area contributed by atoms with Crippen molar-refractivity contribution in [3.63, 3.8) is 0 Å². The summed E-state index contributed by atoms with van der Waals surface area (Å²) in [5, 5.41) is 2.89. The van der Waals surface area contributed by atoms with Gasteiger partial charge in [-0.25, -0.2) is 4.79 Å². The first-order chi connectivity index (χ1) is 12.1. The molecule has 25 heavy (non-hydrogen) atoms. The van der Waals surface area contributed by atoms with E-state index in [0.29, 0.717) is 45.7 Å². The number of benzene rings is 1. The van der Waals surface area contributed by atoms with Crippen LogP contribution in [0.5, 0.6) is 11.5 Å². The van der Waals surface area contributed by atoms with Gasteiger partial charge in [0.05, 0.1) is 20.3 Å². The molecule has 1 fully saturated rings. The van der Waals surface area contributed by atoms with Crippen LogP contribution in [0.1, 0.15) is 19.8 Å². The number of nitrogens with zero attached hydrogens (tertiary/aromatic N) is 1. The van der Waals surface area contributed by atoms with Crippen LogP contribution in [0.2, 0.25) is 0 Å². The van der Waals surface area contributed by atoms with Crippen LogP contribution >= 0.6 is 0 Å². The Bertz CT molecular complexity index is 553. The first-order valence-electron chi connectivity index (χ1n) is 8.60. The van der Waals surface area contributed by atoms with Gasteiger partial charge >= 0.3 is 6.09 Å². The smallest absolute Gasteiger partial charge is 0.409 e. The van der Waals surface area contributed by atoms with Gasteiger partial charge in [-0.15, -0.1) is 0 Å². The summed E-state index contributed by atoms with van der Waals surface area (Å²) < 4.78 is 15.6. The van der Waals surface area contributed by atoms with Gasteiger partial charge in [-0.05, 0) is 44.0 Å². The van der Waals surface area contributed by atoms with Crippen molar-refractivity contribution in [1.29, 1.82) is 0 Å². The van der Waals surface area contributed by atoms with E-state index in [1.807, 2.05) is 24.3 Å². The number of amides is 2. The lowest BCUT2D eigenvalue weighted by Gasteiger charge is -2.30. The number of ether oxygens (including phenoxy) is 3. The second-order valence-corrected chi connectivity index (χ2v) is 5.78. The van der Waals surface area contributed by atoms with Crippen LogP contribution in [-0.2, 0) is 9.53 Å². The summed E-state index contributed by atoms with van der Waals surface area (Å²) in [5.74, 6) is 1.46. The zero-order valence-electron chi connectivity index (χ0n) is 14.8. The Morgan fingerprint density at radius 1 is 1.16 bits per heavy atom. The summed E-state index contributed by atoms with van der Waals surface area (Å²) >= 11 is 0. The zero-order chi connectivity index (χ0) is 18.1. The molecule has 1 heterocycles. The van der Waals surface area contributed by atoms with Crippen LogP contribution in [0, 0.1) is 5.92 Å². The van der Waals surface area contributed by atoms with Crippen molar-refractivity contribution in [1.82, 2.24) is 10.2 Å². The maximum absolute atomic E-state index is 12.2. The largest absolute Gasteiger partial charge is 0.497 e. The quantitative estimate of drug-likeness (QED) is 0.762. The van der Waals surface area contributed by atoms with Gasteiger partial charge in [0.1, 0.15) is 18.1 Å². The van der Waals surface area contributed by atoms with Crippen molar-refractivity contribution >= 4 is 12.0 Å². The van der Waals surface area contributed by atoms with Crippen molar-refractivity contribution in [2.24, 2.45) is 5.92 Å². The van der Waals surface area contributed by atoms with Gasteiger partial charge in [-0.1, -0.05) is 0 Å². The number of nitrogens with one attached hydrogen (secondary N) is 1. The van der Waals surface area contributed by atoms with Crippen molar-refractivity contribution in [3.8, 4) is 11.5 Å². The fraction of sp³-hybridized carbons (Fsp3) is 0.556. The first-order valence-corrected chi connectivity index (χ1v) is 8.60. The van der Waals surface area contributed by atoms with Crippen molar-refractivity contribution in [3.05, 3.63) is 24.3 Å². The number of hydrogen-bond donors (Lipinski definition) is 1. The van der Waals surface area contributed by atoms with E-state index in [-0.39, 0.29) is 17.9 Å². The Morgan fingerprint density at radius 3 is 2.40 bits per heavy atom. The molecule has 1 aliphatic heterocycles. The molecular formula is C18H26N2O5. The van der Waals surface area contributed by atoms with Crippen LogP contribution in [0.4, 0.5) is 4.79 Å². The first kappa shape index (κ1) is 18.9. The van der Waals surface area contributed by atoms with E-state index in [4.69, 9.17) is 14.2 Å². The highest BCUT2D eigenvalue weighted by Gasteiger charge is 2.27. The van der Waals surface area contributed by atoms with Gasteiger partial charge in [-0.3, -0.25) is 4.79 Å². The van der Waals surface area contributed by atoms with Gasteiger partial charge in [0.15, 0.2) is 0 Å². The number of methoxy groups -OCH3 is 1. The highest BCUT2D eigenvalue weighted by Crippen LogP contribution is 2.18. The topological polar surface area (TPSA) is 77.1 Å². The Morgan fingerprint density at radius 2 is 1.80 bits per heavy atom. The van der Waals surface area contributed by atoms with Gasteiger partial charge in [0, 0.05) is 19.0 Å². The van der Waals surface area contributed by atoms with Gasteiger partial charge < -0.3 is 24.4 Å². The Hall–Kier alpha value is -2.44. The molecule has 7 heteroatoms. The number of piperidine rings is 1. The minimum atomic E-state index is -0.297. The predicted molar refractivity (Wildman–Crippen MR) is 92.8 cm³/mol. The van der Waals surface area contributed by atoms with Crippen LogP contribution in [0.25, 0.3) is 0 Å². The SMILES string of the molecule is CCOC(=O)N1CCC(C(=O)NCCOc2ccc(OC)cc2)CC1. The normalized spacial score (nSPS) is 14.7. The standard InChI is InChI=1S/C18H26N2O5/c1-3-24-18(22)20-11-8-14(9-12-20)17(21)19-10-13-25-16-6-4-15(23-2)5-7-16/h4-7,14H,3,8-13H2,1-2H3,(H,19,21). The third-order valence-corrected chi connectivity index (χ3v) is 4.12. The van der Waals surface area contributed by atoms with E-state index < -0.39 is 0 Å². The van der Waals surface area contributed by atoms with Gasteiger partial charge in [0.25, 0.3) is 0 Å². The third-order valence-electron chi connectivity index (χ3n) is 4.12. The third kappa shape index (κ3) is 5.85. The van der Waals surface area contributed by atoms with E-state index in [9.17, 15) is 9.59 Å². The number of rotatable bonds is 7. The van der Waals surface area contributed by atoms with E-state index in [1.165, 1.54) is 0 Å². The van der Waals surface area contributed by atoms with Gasteiger partial charge in [0.2, 0.25) is 5.91 Å². The fourth-order valence-corrected chi connectivity index (χ4v) is 2.70. The monoisotopic (exact) mass is 350 g/mol. The van der Waals surface area contributed by atoms with Crippen molar-refractivity contribution < 1.29 is 23.8 Å². The maximum Gasteiger partial charge on any atom is 0.409 e. The van der Waals surface area contributed by atoms with E-state index >= 15 is 0 Å². The Labute approximate surface area is 148 Å². The highest BCUT2D eigenvalue weighted by atomic mass is 16.6. The molecule has 0 spiro atoms. The molecule has 1 aliphatic rings. The minimum absolute atomic E-state index is 0.0156. The number of likely N-dealkylation sites (tertiary alicyclic amines) is 1. The molecule has 0 unspecified atom stereocenters. The van der Waals surface area contributed by atoms with Crippen molar-refractivity contribution in [2.75, 3.05) is 40.0 Å². The molecule has 1 aromatic rings. The molecule has 1 aromatic carbocycles. The van der Waals surface area contributed by atoms with E-state index in [1.54, 1.807) is 18.9 Å². The summed E-state index contributed by atoms with van der Waals surface area (Å²) in [6.07, 6.45) is 1.02. The van der Waals surface area contributed by atoms with Gasteiger partial charge in [-0.2, -0.15) is 0 Å². The molecule has 2 rings (SSSR count). The number of carbonyl (C=O) groups excluding carboxylic acids is 2. The van der Waals surface area contributed by atoms with Crippen LogP contribution in [-0.4, -0.2) is 56.9 Å². The van der Waals surface area contributed by atoms with E-state index in [0.717, 1.165) is 11.5 Å². The molecule has 0 saturated carbocycles. The summed E-state index contributed by atoms with van der Waals surface area (Å²) in [6.45, 7) is 4.11. The minimum Gasteiger partial charge on any atom is -0.497 e.